The molecule has 0 amide bonds. The van der Waals surface area contributed by atoms with E-state index < -0.39 is 0 Å². The first-order valence-electron chi connectivity index (χ1n) is 28.7. The Morgan fingerprint density at radius 3 is 1.57 bits per heavy atom. The summed E-state index contributed by atoms with van der Waals surface area (Å²) in [5.74, 6) is 2.81. The number of aryl methyl sites for hydroxylation is 2. The smallest absolute Gasteiger partial charge is 0.152 e. The quantitative estimate of drug-likeness (QED) is 0.0936. The molecule has 0 saturated heterocycles. The highest BCUT2D eigenvalue weighted by Gasteiger charge is 2.30. The van der Waals surface area contributed by atoms with Gasteiger partial charge in [-0.25, -0.2) is 15.0 Å². The van der Waals surface area contributed by atoms with E-state index in [0.29, 0.717) is 17.9 Å². The van der Waals surface area contributed by atoms with Crippen molar-refractivity contribution in [3.63, 3.8) is 0 Å². The van der Waals surface area contributed by atoms with Gasteiger partial charge in [-0.15, -0.1) is 0 Å². The second-order valence-corrected chi connectivity index (χ2v) is 24.1. The molecule has 9 heteroatoms. The average Bonchev–Trinajstić information content (AvgIpc) is 3.99. The number of para-hydroxylation sites is 2. The van der Waals surface area contributed by atoms with Gasteiger partial charge in [0, 0.05) is 67.4 Å². The van der Waals surface area contributed by atoms with Crippen LogP contribution in [0.25, 0.3) is 43.9 Å². The summed E-state index contributed by atoms with van der Waals surface area (Å²) in [5, 5.41) is 6.11. The van der Waals surface area contributed by atoms with Gasteiger partial charge in [-0.05, 0) is 106 Å². The fourth-order valence-electron chi connectivity index (χ4n) is 11.8. The molecule has 10 rings (SSSR count). The lowest BCUT2D eigenvalue weighted by Crippen LogP contribution is -2.48. The van der Waals surface area contributed by atoms with Crippen LogP contribution in [0.15, 0.2) is 97.1 Å². The van der Waals surface area contributed by atoms with Gasteiger partial charge in [0.25, 0.3) is 0 Å². The Kier molecular flexibility index (Phi) is 20.0. The third-order valence-corrected chi connectivity index (χ3v) is 15.8. The molecule has 0 aliphatic heterocycles. The number of nitrogen functional groups attached to an aromatic ring is 1. The maximum Gasteiger partial charge on any atom is 0.152 e. The normalized spacial score (nSPS) is 14.8. The first-order chi connectivity index (χ1) is 35.8. The number of benzene rings is 4. The van der Waals surface area contributed by atoms with Crippen LogP contribution in [0.5, 0.6) is 0 Å². The van der Waals surface area contributed by atoms with Crippen LogP contribution < -0.4 is 11.1 Å². The molecule has 8 aromatic rings. The number of nitrogens with one attached hydrogen (secondary N) is 1. The molecule has 76 heavy (non-hydrogen) atoms. The number of nitrogens with two attached hydrogens (primary N) is 1. The highest BCUT2D eigenvalue weighted by molar-refractivity contribution is 6.06. The lowest BCUT2D eigenvalue weighted by Gasteiger charge is -2.43. The minimum atomic E-state index is 0. The molecule has 0 atom stereocenters. The standard InChI is InChI=1S/C33H44N4.C32H43N5.2CH4/c1-5-6-16-30-36-31-29(21-33(2,3)4)35-28-15-11-10-14-27(28)32(31)37(30)23-25-19-17-24(18-20-25)22-34-26-12-8-7-9-13-26;1-5-6-16-28-35-29-30(26-14-10-11-15-27(26)34-31(29)33)36(28)21-23-17-19-24(20-18-23)22-37(32(2,3)4)25-12-8-7-9-13-25;;/h10-11,14-15,17-20,26,34H,5-9,12-13,16,21-23H2,1-4H3;10-11,14-15,17-20,25H,5-9,12-13,16,21-22H2,1-4H3,(H2,33,34);2*1H4. The zero-order chi connectivity index (χ0) is 51.8. The predicted molar refractivity (Wildman–Crippen MR) is 325 cm³/mol. The van der Waals surface area contributed by atoms with Gasteiger partial charge in [0.15, 0.2) is 5.82 Å². The van der Waals surface area contributed by atoms with Crippen LogP contribution >= 0.6 is 0 Å². The van der Waals surface area contributed by atoms with Crippen molar-refractivity contribution in [2.45, 2.75) is 223 Å². The topological polar surface area (TPSA) is 103 Å². The summed E-state index contributed by atoms with van der Waals surface area (Å²) >= 11 is 0. The number of unbranched alkanes of at least 4 members (excludes halogenated alkanes) is 2. The Balaban J connectivity index is 0.000000216. The second kappa shape index (κ2) is 26.1. The van der Waals surface area contributed by atoms with Gasteiger partial charge in [-0.1, -0.05) is 186 Å². The summed E-state index contributed by atoms with van der Waals surface area (Å²) in [6, 6.07) is 36.8. The van der Waals surface area contributed by atoms with Gasteiger partial charge in [-0.3, -0.25) is 9.88 Å². The van der Waals surface area contributed by atoms with Crippen molar-refractivity contribution in [2.24, 2.45) is 5.41 Å². The van der Waals surface area contributed by atoms with Gasteiger partial charge >= 0.3 is 0 Å². The third kappa shape index (κ3) is 14.1. The Bertz CT molecular complexity index is 3080. The zero-order valence-corrected chi connectivity index (χ0v) is 46.4. The first-order valence-corrected chi connectivity index (χ1v) is 28.7. The van der Waals surface area contributed by atoms with E-state index in [4.69, 9.17) is 20.7 Å². The number of pyridine rings is 2. The van der Waals surface area contributed by atoms with Crippen LogP contribution in [-0.4, -0.2) is 51.6 Å². The van der Waals surface area contributed by atoms with Crippen LogP contribution in [0.1, 0.15) is 200 Å². The number of nitrogens with zero attached hydrogens (tertiary/aromatic N) is 7. The molecule has 3 N–H and O–H groups in total. The largest absolute Gasteiger partial charge is 0.382 e. The van der Waals surface area contributed by atoms with Crippen molar-refractivity contribution in [3.8, 4) is 0 Å². The maximum atomic E-state index is 6.40. The number of hydrogen-bond donors (Lipinski definition) is 2. The van der Waals surface area contributed by atoms with Crippen molar-refractivity contribution < 1.29 is 0 Å². The molecule has 0 bridgehead atoms. The van der Waals surface area contributed by atoms with E-state index in [9.17, 15) is 0 Å². The Hall–Kier alpha value is -5.64. The number of rotatable bonds is 17. The van der Waals surface area contributed by atoms with Crippen LogP contribution in [0.4, 0.5) is 5.82 Å². The van der Waals surface area contributed by atoms with Crippen molar-refractivity contribution >= 4 is 49.7 Å². The minimum absolute atomic E-state index is 0. The van der Waals surface area contributed by atoms with Crippen LogP contribution in [0.2, 0.25) is 0 Å². The molecule has 2 aliphatic rings. The molecule has 408 valence electrons. The highest BCUT2D eigenvalue weighted by Crippen LogP contribution is 2.35. The highest BCUT2D eigenvalue weighted by atomic mass is 15.2. The molecule has 9 nitrogen and oxygen atoms in total. The molecule has 0 radical (unpaired) electrons. The second-order valence-electron chi connectivity index (χ2n) is 24.1. The van der Waals surface area contributed by atoms with Crippen LogP contribution in [0, 0.1) is 5.41 Å². The van der Waals surface area contributed by atoms with E-state index in [-0.39, 0.29) is 25.8 Å². The zero-order valence-electron chi connectivity index (χ0n) is 46.4. The fourth-order valence-corrected chi connectivity index (χ4v) is 11.8. The maximum absolute atomic E-state index is 6.40. The van der Waals surface area contributed by atoms with E-state index in [1.54, 1.807) is 0 Å². The summed E-state index contributed by atoms with van der Waals surface area (Å²) < 4.78 is 4.86. The molecule has 4 aromatic carbocycles. The van der Waals surface area contributed by atoms with Crippen molar-refractivity contribution in [2.75, 3.05) is 5.73 Å². The van der Waals surface area contributed by atoms with Gasteiger partial charge in [0.2, 0.25) is 0 Å². The average molecular weight is 1030 g/mol. The first kappa shape index (κ1) is 58.1. The van der Waals surface area contributed by atoms with Crippen LogP contribution in [0.3, 0.4) is 0 Å². The Morgan fingerprint density at radius 2 is 1.04 bits per heavy atom. The van der Waals surface area contributed by atoms with E-state index >= 15 is 0 Å². The Morgan fingerprint density at radius 1 is 0.566 bits per heavy atom. The molecular formula is C67H95N9. The summed E-state index contributed by atoms with van der Waals surface area (Å²) in [7, 11) is 0. The van der Waals surface area contributed by atoms with Gasteiger partial charge in [0.1, 0.15) is 22.7 Å². The monoisotopic (exact) mass is 1030 g/mol. The summed E-state index contributed by atoms with van der Waals surface area (Å²) in [6.07, 6.45) is 21.0. The molecule has 2 fully saturated rings. The molecule has 2 aliphatic carbocycles. The number of imidazole rings is 2. The summed E-state index contributed by atoms with van der Waals surface area (Å²) in [5.41, 5.74) is 19.5. The van der Waals surface area contributed by atoms with E-state index in [1.807, 2.05) is 12.1 Å². The number of anilines is 1. The lowest BCUT2D eigenvalue weighted by molar-refractivity contribution is 0.0521. The van der Waals surface area contributed by atoms with E-state index in [1.165, 1.54) is 110 Å². The lowest BCUT2D eigenvalue weighted by atomic mass is 9.89. The molecule has 2 saturated carbocycles. The summed E-state index contributed by atoms with van der Waals surface area (Å²) in [4.78, 5) is 22.8. The van der Waals surface area contributed by atoms with E-state index in [2.05, 4.69) is 165 Å². The fraction of sp³-hybridized carbons (Fsp3) is 0.522. The van der Waals surface area contributed by atoms with Gasteiger partial charge in [-0.2, -0.15) is 0 Å². The van der Waals surface area contributed by atoms with E-state index in [0.717, 1.165) is 109 Å². The SMILES string of the molecule is C.C.CCCCc1nc2c(CC(C)(C)C)nc3ccccc3c2n1Cc1ccc(CNC2CCCCC2)cc1.CCCCc1nc2c(N)nc3ccccc3c2n1Cc1ccc(CN(C2CCCCC2)C(C)(C)C)cc1. The predicted octanol–water partition coefficient (Wildman–Crippen LogP) is 16.7. The van der Waals surface area contributed by atoms with Crippen LogP contribution in [-0.2, 0) is 45.4 Å². The van der Waals surface area contributed by atoms with Gasteiger partial charge < -0.3 is 20.2 Å². The molecule has 0 spiro atoms. The minimum Gasteiger partial charge on any atom is -0.382 e. The number of hydrogen-bond acceptors (Lipinski definition) is 7. The Labute approximate surface area is 457 Å². The summed E-state index contributed by atoms with van der Waals surface area (Å²) in [6.45, 7) is 22.0. The number of aromatic nitrogens is 6. The molecule has 4 aromatic heterocycles. The van der Waals surface area contributed by atoms with Crippen molar-refractivity contribution in [1.82, 2.24) is 39.3 Å². The molecular weight excluding hydrogens is 931 g/mol. The number of fused-ring (bicyclic) bond motifs is 6. The van der Waals surface area contributed by atoms with Gasteiger partial charge in [0.05, 0.1) is 27.8 Å². The third-order valence-electron chi connectivity index (χ3n) is 15.8. The van der Waals surface area contributed by atoms with Crippen molar-refractivity contribution in [3.05, 3.63) is 137 Å². The molecule has 4 heterocycles. The van der Waals surface area contributed by atoms with Crippen molar-refractivity contribution in [1.29, 1.82) is 0 Å². The molecule has 0 unspecified atom stereocenters.